The maximum Gasteiger partial charge on any atom is 0.513 e. The molecule has 0 saturated carbocycles. The van der Waals surface area contributed by atoms with Crippen molar-refractivity contribution in [2.75, 3.05) is 14.2 Å². The molecule has 0 aliphatic rings. The maximum atomic E-state index is 11.3. The van der Waals surface area contributed by atoms with Crippen LogP contribution in [-0.4, -0.2) is 32.4 Å². The third-order valence-electron chi connectivity index (χ3n) is 2.33. The Morgan fingerprint density at radius 2 is 1.55 bits per heavy atom. The number of rotatable bonds is 3. The van der Waals surface area contributed by atoms with Crippen LogP contribution in [0.2, 0.25) is 0 Å². The molecule has 0 aliphatic heterocycles. The lowest BCUT2D eigenvalue weighted by Crippen LogP contribution is -2.16. The molecule has 1 rings (SSSR count). The second-order valence-corrected chi connectivity index (χ2v) is 3.57. The van der Waals surface area contributed by atoms with Crippen molar-refractivity contribution in [3.63, 3.8) is 0 Å². The molecule has 1 aromatic rings. The third kappa shape index (κ3) is 3.61. The topological polar surface area (TPSA) is 114 Å². The first kappa shape index (κ1) is 15.3. The summed E-state index contributed by atoms with van der Waals surface area (Å²) in [4.78, 5) is 33.5. The number of hydrogen-bond acceptors (Lipinski definition) is 7. The fraction of sp³-hybridized carbons (Fsp3) is 0.250. The lowest BCUT2D eigenvalue weighted by molar-refractivity contribution is 0.0993. The van der Waals surface area contributed by atoms with E-state index >= 15 is 0 Å². The van der Waals surface area contributed by atoms with Crippen LogP contribution >= 0.6 is 0 Å². The highest BCUT2D eigenvalue weighted by Gasteiger charge is 2.17. The molecule has 0 fully saturated rings. The SMILES string of the molecule is COC(=O)Oc1cc(OC(=O)OC)c(C)c(C(N)=O)c1. The normalized spacial score (nSPS) is 9.55. The van der Waals surface area contributed by atoms with E-state index in [1.165, 1.54) is 19.1 Å². The Morgan fingerprint density at radius 3 is 2.05 bits per heavy atom. The number of nitrogens with two attached hydrogens (primary N) is 1. The van der Waals surface area contributed by atoms with E-state index in [1.807, 2.05) is 0 Å². The number of benzene rings is 1. The van der Waals surface area contributed by atoms with Crippen molar-refractivity contribution in [3.05, 3.63) is 23.3 Å². The first-order valence-corrected chi connectivity index (χ1v) is 5.35. The number of methoxy groups -OCH3 is 2. The summed E-state index contributed by atoms with van der Waals surface area (Å²) in [5.41, 5.74) is 5.53. The summed E-state index contributed by atoms with van der Waals surface area (Å²) >= 11 is 0. The number of primary amides is 1. The van der Waals surface area contributed by atoms with Crippen molar-refractivity contribution in [1.29, 1.82) is 0 Å². The van der Waals surface area contributed by atoms with Crippen LogP contribution in [0.25, 0.3) is 0 Å². The molecule has 0 aliphatic carbocycles. The summed E-state index contributed by atoms with van der Waals surface area (Å²) in [6.07, 6.45) is -1.98. The van der Waals surface area contributed by atoms with Gasteiger partial charge in [-0.25, -0.2) is 9.59 Å². The van der Waals surface area contributed by atoms with Crippen molar-refractivity contribution in [1.82, 2.24) is 0 Å². The Labute approximate surface area is 114 Å². The molecule has 20 heavy (non-hydrogen) atoms. The predicted octanol–water partition coefficient (Wildman–Crippen LogP) is 1.38. The fourth-order valence-corrected chi connectivity index (χ4v) is 1.35. The molecule has 0 heterocycles. The van der Waals surface area contributed by atoms with Crippen LogP contribution in [0.3, 0.4) is 0 Å². The highest BCUT2D eigenvalue weighted by molar-refractivity contribution is 5.95. The Morgan fingerprint density at radius 1 is 1.00 bits per heavy atom. The smallest absolute Gasteiger partial charge is 0.437 e. The summed E-state index contributed by atoms with van der Waals surface area (Å²) in [6.45, 7) is 1.51. The van der Waals surface area contributed by atoms with Crippen molar-refractivity contribution < 1.29 is 33.3 Å². The zero-order chi connectivity index (χ0) is 15.3. The molecule has 0 atom stereocenters. The minimum atomic E-state index is -0.992. The largest absolute Gasteiger partial charge is 0.513 e. The maximum absolute atomic E-state index is 11.3. The van der Waals surface area contributed by atoms with Gasteiger partial charge in [0.1, 0.15) is 11.5 Å². The monoisotopic (exact) mass is 283 g/mol. The molecule has 0 unspecified atom stereocenters. The molecule has 108 valence electrons. The third-order valence-corrected chi connectivity index (χ3v) is 2.33. The molecular weight excluding hydrogens is 270 g/mol. The van der Waals surface area contributed by atoms with E-state index in [4.69, 9.17) is 15.2 Å². The van der Waals surface area contributed by atoms with Gasteiger partial charge in [-0.15, -0.1) is 0 Å². The summed E-state index contributed by atoms with van der Waals surface area (Å²) in [6, 6.07) is 2.47. The number of hydrogen-bond donors (Lipinski definition) is 1. The van der Waals surface area contributed by atoms with Gasteiger partial charge < -0.3 is 24.7 Å². The van der Waals surface area contributed by atoms with E-state index < -0.39 is 18.2 Å². The minimum Gasteiger partial charge on any atom is -0.437 e. The summed E-state index contributed by atoms with van der Waals surface area (Å²) in [5.74, 6) is -0.852. The summed E-state index contributed by atoms with van der Waals surface area (Å²) in [7, 11) is 2.25. The molecule has 1 aromatic carbocycles. The highest BCUT2D eigenvalue weighted by Crippen LogP contribution is 2.28. The Bertz CT molecular complexity index is 553. The van der Waals surface area contributed by atoms with Gasteiger partial charge in [-0.1, -0.05) is 0 Å². The van der Waals surface area contributed by atoms with Crippen molar-refractivity contribution in [2.24, 2.45) is 5.73 Å². The number of carbonyl (C=O) groups excluding carboxylic acids is 3. The average molecular weight is 283 g/mol. The molecule has 8 nitrogen and oxygen atoms in total. The van der Waals surface area contributed by atoms with Gasteiger partial charge in [0.25, 0.3) is 0 Å². The number of carbonyl (C=O) groups is 3. The van der Waals surface area contributed by atoms with Gasteiger partial charge in [0.15, 0.2) is 0 Å². The standard InChI is InChI=1S/C12H13NO7/c1-6-8(10(13)14)4-7(19-11(15)17-2)5-9(6)20-12(16)18-3/h4-5H,1-3H3,(H2,13,14). The van der Waals surface area contributed by atoms with E-state index in [1.54, 1.807) is 0 Å². The molecule has 8 heteroatoms. The average Bonchev–Trinajstić information content (AvgIpc) is 2.41. The van der Waals surface area contributed by atoms with E-state index in [0.717, 1.165) is 14.2 Å². The van der Waals surface area contributed by atoms with Crippen molar-refractivity contribution in [3.8, 4) is 11.5 Å². The number of ether oxygens (including phenoxy) is 4. The minimum absolute atomic E-state index is 0.0212. The lowest BCUT2D eigenvalue weighted by Gasteiger charge is -2.11. The molecule has 0 spiro atoms. The molecular formula is C12H13NO7. The van der Waals surface area contributed by atoms with Gasteiger partial charge >= 0.3 is 12.3 Å². The Hall–Kier alpha value is -2.77. The van der Waals surface area contributed by atoms with Crippen LogP contribution in [0, 0.1) is 6.92 Å². The predicted molar refractivity (Wildman–Crippen MR) is 65.8 cm³/mol. The van der Waals surface area contributed by atoms with Crippen LogP contribution in [0.4, 0.5) is 9.59 Å². The van der Waals surface area contributed by atoms with Gasteiger partial charge in [-0.3, -0.25) is 4.79 Å². The van der Waals surface area contributed by atoms with Gasteiger partial charge in [0.2, 0.25) is 5.91 Å². The molecule has 0 aromatic heterocycles. The van der Waals surface area contributed by atoms with Crippen LogP contribution in [0.15, 0.2) is 12.1 Å². The quantitative estimate of drug-likeness (QED) is 0.658. The van der Waals surface area contributed by atoms with E-state index in [2.05, 4.69) is 9.47 Å². The second kappa shape index (κ2) is 6.41. The van der Waals surface area contributed by atoms with Gasteiger partial charge in [-0.05, 0) is 13.0 Å². The van der Waals surface area contributed by atoms with Gasteiger partial charge in [-0.2, -0.15) is 0 Å². The first-order chi connectivity index (χ1) is 9.38. The van der Waals surface area contributed by atoms with Crippen LogP contribution in [0.1, 0.15) is 15.9 Å². The van der Waals surface area contributed by atoms with E-state index in [-0.39, 0.29) is 17.1 Å². The van der Waals surface area contributed by atoms with Gasteiger partial charge in [0, 0.05) is 17.2 Å². The van der Waals surface area contributed by atoms with Crippen molar-refractivity contribution in [2.45, 2.75) is 6.92 Å². The highest BCUT2D eigenvalue weighted by atomic mass is 16.7. The zero-order valence-corrected chi connectivity index (χ0v) is 11.1. The van der Waals surface area contributed by atoms with Crippen LogP contribution in [-0.2, 0) is 9.47 Å². The Balaban J connectivity index is 3.23. The fourth-order valence-electron chi connectivity index (χ4n) is 1.35. The lowest BCUT2D eigenvalue weighted by atomic mass is 10.1. The number of amides is 1. The summed E-state index contributed by atoms with van der Waals surface area (Å²) < 4.78 is 18.3. The molecule has 0 radical (unpaired) electrons. The Kier molecular flexibility index (Phi) is 4.90. The zero-order valence-electron chi connectivity index (χ0n) is 11.1. The molecule has 0 saturated heterocycles. The summed E-state index contributed by atoms with van der Waals surface area (Å²) in [5, 5.41) is 0. The van der Waals surface area contributed by atoms with Crippen LogP contribution < -0.4 is 15.2 Å². The second-order valence-electron chi connectivity index (χ2n) is 3.57. The molecule has 0 bridgehead atoms. The van der Waals surface area contributed by atoms with Crippen molar-refractivity contribution >= 4 is 18.2 Å². The van der Waals surface area contributed by atoms with E-state index in [9.17, 15) is 14.4 Å². The molecule has 2 N–H and O–H groups in total. The van der Waals surface area contributed by atoms with Gasteiger partial charge in [0.05, 0.1) is 14.2 Å². The van der Waals surface area contributed by atoms with E-state index in [0.29, 0.717) is 5.56 Å². The first-order valence-electron chi connectivity index (χ1n) is 5.35. The van der Waals surface area contributed by atoms with Crippen LogP contribution in [0.5, 0.6) is 11.5 Å². The molecule has 1 amide bonds.